The number of amides is 1. The predicted octanol–water partition coefficient (Wildman–Crippen LogP) is -1.75. The van der Waals surface area contributed by atoms with E-state index in [4.69, 9.17) is 5.11 Å². The van der Waals surface area contributed by atoms with Gasteiger partial charge in [0.25, 0.3) is 0 Å². The maximum absolute atomic E-state index is 10.7. The molecule has 1 fully saturated rings. The lowest BCUT2D eigenvalue weighted by molar-refractivity contribution is -0.150. The summed E-state index contributed by atoms with van der Waals surface area (Å²) in [6.45, 7) is 1.19. The lowest BCUT2D eigenvalue weighted by atomic mass is 10.0. The molecule has 1 aliphatic rings. The first-order valence-electron chi connectivity index (χ1n) is 4.35. The molecular weight excluding hydrogens is 188 g/mol. The van der Waals surface area contributed by atoms with E-state index < -0.39 is 17.5 Å². The number of rotatable bonds is 2. The van der Waals surface area contributed by atoms with Crippen molar-refractivity contribution in [1.82, 2.24) is 10.2 Å². The van der Waals surface area contributed by atoms with Crippen LogP contribution in [0.15, 0.2) is 0 Å². The van der Waals surface area contributed by atoms with Crippen molar-refractivity contribution in [1.29, 1.82) is 0 Å². The first kappa shape index (κ1) is 10.9. The van der Waals surface area contributed by atoms with Gasteiger partial charge in [-0.25, -0.2) is 4.79 Å². The summed E-state index contributed by atoms with van der Waals surface area (Å²) >= 11 is 0. The van der Waals surface area contributed by atoms with Crippen molar-refractivity contribution in [2.75, 3.05) is 26.7 Å². The van der Waals surface area contributed by atoms with Gasteiger partial charge in [0, 0.05) is 19.6 Å². The zero-order valence-corrected chi connectivity index (χ0v) is 7.99. The number of hydrogen-bond acceptors (Lipinski definition) is 4. The molecule has 0 aliphatic carbocycles. The molecular formula is C8H14N2O4. The summed E-state index contributed by atoms with van der Waals surface area (Å²) < 4.78 is 0. The van der Waals surface area contributed by atoms with Crippen LogP contribution in [0.25, 0.3) is 0 Å². The Balaban J connectivity index is 2.38. The summed E-state index contributed by atoms with van der Waals surface area (Å²) in [6, 6.07) is 0. The first-order chi connectivity index (χ1) is 6.43. The minimum Gasteiger partial charge on any atom is -0.474 e. The molecule has 1 unspecified atom stereocenters. The molecule has 0 aromatic heterocycles. The van der Waals surface area contributed by atoms with E-state index in [9.17, 15) is 14.7 Å². The highest BCUT2D eigenvalue weighted by atomic mass is 16.4. The molecule has 0 spiro atoms. The van der Waals surface area contributed by atoms with E-state index in [1.807, 2.05) is 11.9 Å². The third-order valence-corrected chi connectivity index (χ3v) is 2.30. The van der Waals surface area contributed by atoms with Gasteiger partial charge in [0.05, 0.1) is 5.60 Å². The van der Waals surface area contributed by atoms with E-state index in [1.54, 1.807) is 0 Å². The Morgan fingerprint density at radius 3 is 2.64 bits per heavy atom. The largest absolute Gasteiger partial charge is 0.474 e. The number of carbonyl (C=O) groups is 2. The zero-order valence-electron chi connectivity index (χ0n) is 7.99. The number of hydrogen-bond donors (Lipinski definition) is 3. The summed E-state index contributed by atoms with van der Waals surface area (Å²) in [6.07, 6.45) is 0.545. The summed E-state index contributed by atoms with van der Waals surface area (Å²) in [5, 5.41) is 20.3. The third kappa shape index (κ3) is 2.68. The fourth-order valence-corrected chi connectivity index (χ4v) is 1.52. The van der Waals surface area contributed by atoms with Gasteiger partial charge in [-0.1, -0.05) is 0 Å². The average Bonchev–Trinajstić information content (AvgIpc) is 2.43. The topological polar surface area (TPSA) is 89.9 Å². The highest BCUT2D eigenvalue weighted by molar-refractivity contribution is 6.31. The number of likely N-dealkylation sites (N-methyl/N-ethyl adjacent to an activating group) is 1. The monoisotopic (exact) mass is 202 g/mol. The van der Waals surface area contributed by atoms with Gasteiger partial charge >= 0.3 is 11.9 Å². The van der Waals surface area contributed by atoms with Gasteiger partial charge in [-0.05, 0) is 13.5 Å². The van der Waals surface area contributed by atoms with Crippen molar-refractivity contribution in [2.24, 2.45) is 0 Å². The summed E-state index contributed by atoms with van der Waals surface area (Å²) in [5.74, 6) is -2.60. The van der Waals surface area contributed by atoms with Crippen LogP contribution in [0.4, 0.5) is 0 Å². The molecule has 1 rings (SSSR count). The molecule has 1 saturated heterocycles. The van der Waals surface area contributed by atoms with Crippen LogP contribution in [0, 0.1) is 0 Å². The molecule has 0 aromatic rings. The normalized spacial score (nSPS) is 27.6. The maximum atomic E-state index is 10.7. The lowest BCUT2D eigenvalue weighted by Crippen LogP contribution is -2.46. The van der Waals surface area contributed by atoms with Gasteiger partial charge in [0.15, 0.2) is 0 Å². The van der Waals surface area contributed by atoms with Gasteiger partial charge < -0.3 is 20.4 Å². The van der Waals surface area contributed by atoms with Crippen molar-refractivity contribution in [3.63, 3.8) is 0 Å². The van der Waals surface area contributed by atoms with Gasteiger partial charge in [-0.2, -0.15) is 0 Å². The maximum Gasteiger partial charge on any atom is 0.394 e. The smallest absolute Gasteiger partial charge is 0.394 e. The molecule has 1 aliphatic heterocycles. The van der Waals surface area contributed by atoms with Crippen molar-refractivity contribution in [3.8, 4) is 0 Å². The number of aliphatic carboxylic acids is 1. The molecule has 0 radical (unpaired) electrons. The van der Waals surface area contributed by atoms with E-state index in [2.05, 4.69) is 5.32 Å². The van der Waals surface area contributed by atoms with Crippen LogP contribution in [0.1, 0.15) is 6.42 Å². The fraction of sp³-hybridized carbons (Fsp3) is 0.750. The number of carboxylic acid groups (broad SMARTS) is 1. The molecule has 6 heteroatoms. The van der Waals surface area contributed by atoms with Crippen LogP contribution in [0.3, 0.4) is 0 Å². The van der Waals surface area contributed by atoms with Crippen molar-refractivity contribution in [3.05, 3.63) is 0 Å². The van der Waals surface area contributed by atoms with Crippen molar-refractivity contribution in [2.45, 2.75) is 12.0 Å². The highest BCUT2D eigenvalue weighted by Gasteiger charge is 2.34. The molecule has 3 N–H and O–H groups in total. The second-order valence-electron chi connectivity index (χ2n) is 3.70. The van der Waals surface area contributed by atoms with Crippen LogP contribution < -0.4 is 5.32 Å². The molecule has 0 bridgehead atoms. The van der Waals surface area contributed by atoms with Crippen LogP contribution >= 0.6 is 0 Å². The summed E-state index contributed by atoms with van der Waals surface area (Å²) in [5.41, 5.74) is -0.986. The molecule has 0 saturated carbocycles. The van der Waals surface area contributed by atoms with Gasteiger partial charge in [0.2, 0.25) is 0 Å². The van der Waals surface area contributed by atoms with Crippen LogP contribution in [0.2, 0.25) is 0 Å². The predicted molar refractivity (Wildman–Crippen MR) is 47.7 cm³/mol. The Morgan fingerprint density at radius 2 is 2.21 bits per heavy atom. The zero-order chi connectivity index (χ0) is 10.8. The number of nitrogens with one attached hydrogen (secondary N) is 1. The van der Waals surface area contributed by atoms with E-state index in [0.717, 1.165) is 6.54 Å². The van der Waals surface area contributed by atoms with Gasteiger partial charge in [-0.15, -0.1) is 0 Å². The Kier molecular flexibility index (Phi) is 3.07. The van der Waals surface area contributed by atoms with Gasteiger partial charge in [0.1, 0.15) is 0 Å². The Morgan fingerprint density at radius 1 is 1.57 bits per heavy atom. The molecule has 14 heavy (non-hydrogen) atoms. The minimum absolute atomic E-state index is 0.0114. The Labute approximate surface area is 81.5 Å². The molecule has 0 aromatic carbocycles. The van der Waals surface area contributed by atoms with E-state index in [1.165, 1.54) is 0 Å². The minimum atomic E-state index is -1.53. The Hall–Kier alpha value is -1.14. The SMILES string of the molecule is CN1CCC(O)(CNC(=O)C(=O)O)C1. The van der Waals surface area contributed by atoms with Crippen LogP contribution in [-0.4, -0.2) is 59.3 Å². The number of likely N-dealkylation sites (tertiary alicyclic amines) is 1. The van der Waals surface area contributed by atoms with Crippen molar-refractivity contribution >= 4 is 11.9 Å². The highest BCUT2D eigenvalue weighted by Crippen LogP contribution is 2.18. The number of β-amino-alcohol motifs (C(OH)–C–C–N with tert-alkyl or cyclic N) is 1. The third-order valence-electron chi connectivity index (χ3n) is 2.30. The molecule has 1 amide bonds. The quantitative estimate of drug-likeness (QED) is 0.462. The summed E-state index contributed by atoms with van der Waals surface area (Å²) in [4.78, 5) is 22.8. The van der Waals surface area contributed by atoms with E-state index in [0.29, 0.717) is 13.0 Å². The molecule has 1 atom stereocenters. The van der Waals surface area contributed by atoms with Crippen molar-refractivity contribution < 1.29 is 19.8 Å². The first-order valence-corrected chi connectivity index (χ1v) is 4.35. The average molecular weight is 202 g/mol. The number of aliphatic hydroxyl groups is 1. The van der Waals surface area contributed by atoms with Crippen LogP contribution in [0.5, 0.6) is 0 Å². The molecule has 6 nitrogen and oxygen atoms in total. The summed E-state index contributed by atoms with van der Waals surface area (Å²) in [7, 11) is 1.86. The van der Waals surface area contributed by atoms with Gasteiger partial charge in [-0.3, -0.25) is 4.79 Å². The number of carboxylic acids is 1. The van der Waals surface area contributed by atoms with Crippen LogP contribution in [-0.2, 0) is 9.59 Å². The standard InChI is InChI=1S/C8H14N2O4/c1-10-3-2-8(14,5-10)4-9-6(11)7(12)13/h14H,2-5H2,1H3,(H,9,11)(H,12,13). The second kappa shape index (κ2) is 3.93. The fourth-order valence-electron chi connectivity index (χ4n) is 1.52. The van der Waals surface area contributed by atoms with E-state index >= 15 is 0 Å². The molecule has 80 valence electrons. The second-order valence-corrected chi connectivity index (χ2v) is 3.70. The number of carbonyl (C=O) groups excluding carboxylic acids is 1. The molecule has 1 heterocycles. The van der Waals surface area contributed by atoms with E-state index in [-0.39, 0.29) is 6.54 Å². The lowest BCUT2D eigenvalue weighted by Gasteiger charge is -2.21. The number of nitrogens with zero attached hydrogens (tertiary/aromatic N) is 1. The Bertz CT molecular complexity index is 256.